The average molecular weight is 568 g/mol. The molecule has 216 valence electrons. The van der Waals surface area contributed by atoms with Crippen molar-refractivity contribution in [3.8, 4) is 17.4 Å². The van der Waals surface area contributed by atoms with Crippen LogP contribution in [-0.4, -0.2) is 45.3 Å². The molecule has 6 rings (SSSR count). The molecule has 1 atom stereocenters. The average Bonchev–Trinajstić information content (AvgIpc) is 3.38. The van der Waals surface area contributed by atoms with Gasteiger partial charge in [0.25, 0.3) is 0 Å². The van der Waals surface area contributed by atoms with Gasteiger partial charge in [0.1, 0.15) is 12.1 Å². The molecule has 2 aromatic carbocycles. The first-order valence-corrected chi connectivity index (χ1v) is 13.8. The lowest BCUT2D eigenvalue weighted by Gasteiger charge is -2.37. The Kier molecular flexibility index (Phi) is 6.92. The molecule has 0 saturated heterocycles. The third-order valence-electron chi connectivity index (χ3n) is 7.71. The van der Waals surface area contributed by atoms with Crippen molar-refractivity contribution in [2.75, 3.05) is 14.2 Å². The predicted octanol–water partition coefficient (Wildman–Crippen LogP) is 5.56. The fourth-order valence-electron chi connectivity index (χ4n) is 5.65. The van der Waals surface area contributed by atoms with E-state index in [0.29, 0.717) is 58.6 Å². The van der Waals surface area contributed by atoms with Gasteiger partial charge in [-0.3, -0.25) is 4.79 Å². The van der Waals surface area contributed by atoms with Crippen molar-refractivity contribution >= 4 is 17.1 Å². The van der Waals surface area contributed by atoms with E-state index in [2.05, 4.69) is 29.1 Å². The van der Waals surface area contributed by atoms with E-state index in [-0.39, 0.29) is 17.8 Å². The summed E-state index contributed by atoms with van der Waals surface area (Å²) < 4.78 is 19.0. The van der Waals surface area contributed by atoms with Crippen molar-refractivity contribution in [1.29, 1.82) is 0 Å². The molecule has 0 radical (unpaired) electrons. The third-order valence-corrected chi connectivity index (χ3v) is 7.71. The maximum absolute atomic E-state index is 13.7. The van der Waals surface area contributed by atoms with Crippen molar-refractivity contribution in [2.45, 2.75) is 53.1 Å². The Balaban J connectivity index is 1.41. The summed E-state index contributed by atoms with van der Waals surface area (Å²) >= 11 is 0. The first kappa shape index (κ1) is 27.4. The van der Waals surface area contributed by atoms with Gasteiger partial charge in [0, 0.05) is 18.4 Å². The van der Waals surface area contributed by atoms with E-state index in [1.807, 2.05) is 56.3 Å². The standard InChI is InChI=1S/C32H33N5O5/c1-18-7-9-20(10-8-18)19(2)36-41-16-26-34-30-29-27(21-11-12-23(39-5)24(13-21)40-6)28-22(38)14-32(3,4)15-25(28)42-31(29)33-17-37(30)35-26/h7-13,17,27H,14-16H2,1-6H3/b36-19-. The fourth-order valence-corrected chi connectivity index (χ4v) is 5.65. The number of allylic oxidation sites excluding steroid dienone is 2. The maximum Gasteiger partial charge on any atom is 0.228 e. The summed E-state index contributed by atoms with van der Waals surface area (Å²) in [5, 5.41) is 8.85. The minimum Gasteiger partial charge on any atom is -0.493 e. The highest BCUT2D eigenvalue weighted by Crippen LogP contribution is 2.51. The molecule has 3 heterocycles. The van der Waals surface area contributed by atoms with E-state index >= 15 is 0 Å². The van der Waals surface area contributed by atoms with Gasteiger partial charge in [0.15, 0.2) is 35.4 Å². The first-order chi connectivity index (χ1) is 20.2. The van der Waals surface area contributed by atoms with Crippen molar-refractivity contribution in [3.63, 3.8) is 0 Å². The lowest BCUT2D eigenvalue weighted by Crippen LogP contribution is -2.33. The molecule has 2 aliphatic rings. The smallest absolute Gasteiger partial charge is 0.228 e. The van der Waals surface area contributed by atoms with Crippen LogP contribution in [0.1, 0.15) is 67.6 Å². The molecule has 1 aliphatic heterocycles. The second-order valence-electron chi connectivity index (χ2n) is 11.5. The van der Waals surface area contributed by atoms with E-state index in [4.69, 9.17) is 24.0 Å². The molecule has 0 fully saturated rings. The number of rotatable bonds is 7. The highest BCUT2D eigenvalue weighted by Gasteiger charge is 2.44. The highest BCUT2D eigenvalue weighted by molar-refractivity contribution is 6.00. The molecular formula is C32H33N5O5. The predicted molar refractivity (Wildman–Crippen MR) is 156 cm³/mol. The Morgan fingerprint density at radius 1 is 1.10 bits per heavy atom. The maximum atomic E-state index is 13.7. The van der Waals surface area contributed by atoms with Crippen LogP contribution in [-0.2, 0) is 16.2 Å². The van der Waals surface area contributed by atoms with Crippen LogP contribution in [0.5, 0.6) is 17.4 Å². The Bertz CT molecular complexity index is 1750. The summed E-state index contributed by atoms with van der Waals surface area (Å²) in [7, 11) is 3.18. The molecule has 1 aliphatic carbocycles. The number of aromatic nitrogens is 4. The van der Waals surface area contributed by atoms with Gasteiger partial charge in [-0.1, -0.05) is 54.9 Å². The Morgan fingerprint density at radius 3 is 2.60 bits per heavy atom. The molecule has 0 bridgehead atoms. The second kappa shape index (κ2) is 10.6. The van der Waals surface area contributed by atoms with Crippen LogP contribution in [0.15, 0.2) is 65.3 Å². The number of methoxy groups -OCH3 is 2. The zero-order valence-corrected chi connectivity index (χ0v) is 24.6. The van der Waals surface area contributed by atoms with Gasteiger partial charge in [-0.15, -0.1) is 5.10 Å². The molecule has 0 spiro atoms. The molecule has 0 amide bonds. The molecule has 0 N–H and O–H groups in total. The van der Waals surface area contributed by atoms with Crippen LogP contribution >= 0.6 is 0 Å². The van der Waals surface area contributed by atoms with Crippen LogP contribution < -0.4 is 14.2 Å². The number of hydrogen-bond acceptors (Lipinski definition) is 9. The van der Waals surface area contributed by atoms with Crippen molar-refractivity contribution in [3.05, 3.63) is 88.2 Å². The summed E-state index contributed by atoms with van der Waals surface area (Å²) in [5.74, 6) is 2.18. The Morgan fingerprint density at radius 2 is 1.86 bits per heavy atom. The van der Waals surface area contributed by atoms with Gasteiger partial charge in [-0.2, -0.15) is 0 Å². The number of oxime groups is 1. The lowest BCUT2D eigenvalue weighted by atomic mass is 9.70. The second-order valence-corrected chi connectivity index (χ2v) is 11.5. The minimum absolute atomic E-state index is 0.0395. The monoisotopic (exact) mass is 567 g/mol. The first-order valence-electron chi connectivity index (χ1n) is 13.8. The summed E-state index contributed by atoms with van der Waals surface area (Å²) in [6.07, 6.45) is 2.60. The SMILES string of the molecule is COc1ccc(C2C3=C(CC(C)(C)CC3=O)Oc3ncn4nc(CO/N=C(/C)c5ccc(C)cc5)nc4c32)cc1OC. The molecule has 10 heteroatoms. The van der Waals surface area contributed by atoms with E-state index in [1.54, 1.807) is 25.1 Å². The van der Waals surface area contributed by atoms with Crippen molar-refractivity contribution in [2.24, 2.45) is 10.6 Å². The largest absolute Gasteiger partial charge is 0.493 e. The number of nitrogens with zero attached hydrogens (tertiary/aromatic N) is 5. The van der Waals surface area contributed by atoms with Gasteiger partial charge in [-0.05, 0) is 42.5 Å². The Hall–Kier alpha value is -4.73. The normalized spacial score (nSPS) is 17.9. The van der Waals surface area contributed by atoms with E-state index in [1.165, 1.54) is 5.56 Å². The van der Waals surface area contributed by atoms with Gasteiger partial charge < -0.3 is 19.0 Å². The number of carbonyl (C=O) groups is 1. The van der Waals surface area contributed by atoms with Gasteiger partial charge in [0.2, 0.25) is 5.88 Å². The number of ketones is 1. The number of fused-ring (bicyclic) bond motifs is 3. The number of ether oxygens (including phenoxy) is 3. The minimum atomic E-state index is -0.483. The van der Waals surface area contributed by atoms with Gasteiger partial charge in [-0.25, -0.2) is 14.5 Å². The molecule has 1 unspecified atom stereocenters. The summed E-state index contributed by atoms with van der Waals surface area (Å²) in [6.45, 7) is 8.13. The zero-order chi connectivity index (χ0) is 29.6. The molecule has 0 saturated carbocycles. The number of carbonyl (C=O) groups excluding carboxylic acids is 1. The van der Waals surface area contributed by atoms with E-state index in [0.717, 1.165) is 16.8 Å². The zero-order valence-electron chi connectivity index (χ0n) is 24.6. The van der Waals surface area contributed by atoms with Crippen LogP contribution in [0.3, 0.4) is 0 Å². The molecule has 42 heavy (non-hydrogen) atoms. The summed E-state index contributed by atoms with van der Waals surface area (Å²) in [5.41, 5.74) is 5.32. The topological polar surface area (TPSA) is 109 Å². The fraction of sp³-hybridized carbons (Fsp3) is 0.344. The van der Waals surface area contributed by atoms with Crippen molar-refractivity contribution < 1.29 is 23.8 Å². The number of Topliss-reactive ketones (excluding diaryl/α,β-unsaturated/α-hetero) is 1. The molecule has 2 aromatic heterocycles. The van der Waals surface area contributed by atoms with Crippen LogP contribution in [0.25, 0.3) is 5.65 Å². The van der Waals surface area contributed by atoms with E-state index < -0.39 is 5.92 Å². The number of hydrogen-bond donors (Lipinski definition) is 0. The van der Waals surface area contributed by atoms with Gasteiger partial charge >= 0.3 is 0 Å². The number of aryl methyl sites for hydroxylation is 1. The lowest BCUT2D eigenvalue weighted by molar-refractivity contribution is -0.118. The summed E-state index contributed by atoms with van der Waals surface area (Å²) in [4.78, 5) is 28.7. The summed E-state index contributed by atoms with van der Waals surface area (Å²) in [6, 6.07) is 13.7. The molecule has 10 nitrogen and oxygen atoms in total. The van der Waals surface area contributed by atoms with Gasteiger partial charge in [0.05, 0.1) is 31.4 Å². The third kappa shape index (κ3) is 4.97. The number of benzene rings is 2. The van der Waals surface area contributed by atoms with Crippen LogP contribution in [0, 0.1) is 12.3 Å². The van der Waals surface area contributed by atoms with Crippen molar-refractivity contribution in [1.82, 2.24) is 19.6 Å². The quantitative estimate of drug-likeness (QED) is 0.211. The molecule has 4 aromatic rings. The molecular weight excluding hydrogens is 534 g/mol. The van der Waals surface area contributed by atoms with Crippen LogP contribution in [0.2, 0.25) is 0 Å². The highest BCUT2D eigenvalue weighted by atomic mass is 16.6. The Labute approximate surface area is 244 Å². The van der Waals surface area contributed by atoms with Crippen LogP contribution in [0.4, 0.5) is 0 Å². The van der Waals surface area contributed by atoms with E-state index in [9.17, 15) is 4.79 Å².